The van der Waals surface area contributed by atoms with Gasteiger partial charge in [-0.05, 0) is 125 Å². The van der Waals surface area contributed by atoms with E-state index in [9.17, 15) is 4.39 Å². The van der Waals surface area contributed by atoms with Gasteiger partial charge < -0.3 is 4.90 Å². The first kappa shape index (κ1) is 31.7. The van der Waals surface area contributed by atoms with E-state index in [2.05, 4.69) is 79.1 Å². The van der Waals surface area contributed by atoms with Gasteiger partial charge in [0.25, 0.3) is 0 Å². The zero-order chi connectivity index (χ0) is 30.2. The molecular weight excluding hydrogens is 517 g/mol. The summed E-state index contributed by atoms with van der Waals surface area (Å²) in [6.07, 6.45) is 7.29. The van der Waals surface area contributed by atoms with Crippen LogP contribution >= 0.6 is 0 Å². The van der Waals surface area contributed by atoms with Crippen molar-refractivity contribution in [2.24, 2.45) is 11.8 Å². The highest BCUT2D eigenvalue weighted by Gasteiger charge is 2.32. The summed E-state index contributed by atoms with van der Waals surface area (Å²) in [5, 5.41) is 8.81. The van der Waals surface area contributed by atoms with Crippen molar-refractivity contribution in [2.75, 3.05) is 24.5 Å². The maximum absolute atomic E-state index is 13.9. The molecule has 1 heterocycles. The third-order valence-electron chi connectivity index (χ3n) is 9.11. The molecule has 3 nitrogen and oxygen atoms in total. The maximum atomic E-state index is 13.9. The fraction of sp³-hybridized carbons (Fsp3) is 0.447. The lowest BCUT2D eigenvalue weighted by molar-refractivity contribution is 0.163. The van der Waals surface area contributed by atoms with E-state index in [0.29, 0.717) is 23.2 Å². The van der Waals surface area contributed by atoms with Crippen LogP contribution in [0.5, 0.6) is 0 Å². The summed E-state index contributed by atoms with van der Waals surface area (Å²) >= 11 is 0. The number of para-hydroxylation sites is 1. The molecule has 42 heavy (non-hydrogen) atoms. The standard InChI is InChI=1S/C36H44FN3.C2H6/c1-5-25(2)34-21-29(15-16-33(34)36(38)31-10-8-11-32(37)22-31)23-39-19-17-30(18-20-39)27(4)40(24-28-13-14-28)35-12-7-6-9-26(35)3;1-2/h5-12,15-16,21-22,27-28,30,38H,13-14,17-20,23-24H2,1-4H3;1-2H3/b25-5+,38-36?;. The van der Waals surface area contributed by atoms with Crippen molar-refractivity contribution in [2.45, 2.75) is 79.8 Å². The van der Waals surface area contributed by atoms with Gasteiger partial charge in [0, 0.05) is 35.9 Å². The van der Waals surface area contributed by atoms with Crippen molar-refractivity contribution in [1.82, 2.24) is 4.90 Å². The highest BCUT2D eigenvalue weighted by Crippen LogP contribution is 2.36. The Bertz CT molecular complexity index is 1360. The molecule has 0 aromatic heterocycles. The van der Waals surface area contributed by atoms with Crippen LogP contribution in [0.15, 0.2) is 72.8 Å². The van der Waals surface area contributed by atoms with E-state index < -0.39 is 0 Å². The van der Waals surface area contributed by atoms with Crippen LogP contribution in [0.25, 0.3) is 5.57 Å². The molecule has 3 aromatic rings. The number of halogens is 1. The van der Waals surface area contributed by atoms with Crippen molar-refractivity contribution in [3.8, 4) is 0 Å². The molecule has 2 aliphatic rings. The molecule has 1 unspecified atom stereocenters. The Kier molecular flexibility index (Phi) is 11.2. The third kappa shape index (κ3) is 7.77. The quantitative estimate of drug-likeness (QED) is 0.247. The summed E-state index contributed by atoms with van der Waals surface area (Å²) < 4.78 is 13.9. The number of hydrogen-bond acceptors (Lipinski definition) is 3. The molecule has 0 amide bonds. The number of piperidine rings is 1. The second kappa shape index (κ2) is 14.8. The molecule has 1 saturated carbocycles. The fourth-order valence-electron chi connectivity index (χ4n) is 6.24. The first-order valence-electron chi connectivity index (χ1n) is 16.0. The number of benzene rings is 3. The minimum Gasteiger partial charge on any atom is -0.368 e. The Hall–Kier alpha value is -3.24. The zero-order valence-electron chi connectivity index (χ0n) is 26.6. The number of aryl methyl sites for hydroxylation is 1. The average Bonchev–Trinajstić information content (AvgIpc) is 3.85. The first-order chi connectivity index (χ1) is 20.3. The molecule has 1 N–H and O–H groups in total. The van der Waals surface area contributed by atoms with Gasteiger partial charge >= 0.3 is 0 Å². The highest BCUT2D eigenvalue weighted by molar-refractivity contribution is 6.13. The molecule has 0 spiro atoms. The second-order valence-corrected chi connectivity index (χ2v) is 12.0. The molecule has 1 saturated heterocycles. The normalized spacial score (nSPS) is 16.9. The second-order valence-electron chi connectivity index (χ2n) is 12.0. The molecule has 4 heteroatoms. The van der Waals surface area contributed by atoms with Crippen molar-refractivity contribution in [1.29, 1.82) is 5.41 Å². The number of anilines is 1. The van der Waals surface area contributed by atoms with Gasteiger partial charge in [0.2, 0.25) is 0 Å². The summed E-state index contributed by atoms with van der Waals surface area (Å²) in [5.74, 6) is 1.25. The Morgan fingerprint density at radius 1 is 0.976 bits per heavy atom. The van der Waals surface area contributed by atoms with E-state index in [1.54, 1.807) is 6.07 Å². The molecule has 5 rings (SSSR count). The van der Waals surface area contributed by atoms with Gasteiger partial charge in [0.15, 0.2) is 0 Å². The van der Waals surface area contributed by atoms with Gasteiger partial charge in [-0.25, -0.2) is 4.39 Å². The molecule has 3 aromatic carbocycles. The number of allylic oxidation sites excluding steroid dienone is 2. The summed E-state index contributed by atoms with van der Waals surface area (Å²) in [4.78, 5) is 5.30. The van der Waals surface area contributed by atoms with Crippen LogP contribution in [0.1, 0.15) is 88.1 Å². The SMILES string of the molecule is C/C=C(\C)c1cc(CN2CCC(C(C)N(CC3CC3)c3ccccc3C)CC2)ccc1C(=N)c1cccc(F)c1.CC. The van der Waals surface area contributed by atoms with Crippen LogP contribution in [-0.2, 0) is 6.54 Å². The molecule has 0 bridgehead atoms. The van der Waals surface area contributed by atoms with E-state index in [0.717, 1.165) is 42.3 Å². The predicted molar refractivity (Wildman–Crippen MR) is 178 cm³/mol. The van der Waals surface area contributed by atoms with E-state index >= 15 is 0 Å². The van der Waals surface area contributed by atoms with Gasteiger partial charge in [0.05, 0.1) is 5.71 Å². The number of likely N-dealkylation sites (tertiary alicyclic amines) is 1. The number of nitrogens with zero attached hydrogens (tertiary/aromatic N) is 2. The summed E-state index contributed by atoms with van der Waals surface area (Å²) in [6.45, 7) is 17.2. The summed E-state index contributed by atoms with van der Waals surface area (Å²) in [5.41, 5.74) is 8.09. The van der Waals surface area contributed by atoms with Crippen LogP contribution in [0.2, 0.25) is 0 Å². The maximum Gasteiger partial charge on any atom is 0.123 e. The van der Waals surface area contributed by atoms with Crippen LogP contribution in [0.4, 0.5) is 10.1 Å². The largest absolute Gasteiger partial charge is 0.368 e. The number of rotatable bonds is 10. The molecule has 1 aliphatic carbocycles. The van der Waals surface area contributed by atoms with E-state index in [1.165, 1.54) is 61.2 Å². The smallest absolute Gasteiger partial charge is 0.123 e. The monoisotopic (exact) mass is 567 g/mol. The lowest BCUT2D eigenvalue weighted by Gasteiger charge is -2.41. The van der Waals surface area contributed by atoms with Crippen molar-refractivity contribution < 1.29 is 4.39 Å². The van der Waals surface area contributed by atoms with Crippen LogP contribution in [0, 0.1) is 30.0 Å². The van der Waals surface area contributed by atoms with Crippen LogP contribution in [-0.4, -0.2) is 36.3 Å². The highest BCUT2D eigenvalue weighted by atomic mass is 19.1. The minimum atomic E-state index is -0.310. The summed E-state index contributed by atoms with van der Waals surface area (Å²) in [7, 11) is 0. The van der Waals surface area contributed by atoms with Crippen LogP contribution < -0.4 is 4.90 Å². The Balaban J connectivity index is 0.00000198. The van der Waals surface area contributed by atoms with Gasteiger partial charge in [-0.2, -0.15) is 0 Å². The molecular formula is C38H50FN3. The fourth-order valence-corrected chi connectivity index (χ4v) is 6.24. The molecule has 2 fully saturated rings. The lowest BCUT2D eigenvalue weighted by Crippen LogP contribution is -2.45. The van der Waals surface area contributed by atoms with Crippen molar-refractivity contribution >= 4 is 17.0 Å². The van der Waals surface area contributed by atoms with E-state index in [-0.39, 0.29) is 5.82 Å². The van der Waals surface area contributed by atoms with Crippen LogP contribution in [0.3, 0.4) is 0 Å². The molecule has 1 atom stereocenters. The molecule has 1 aliphatic heterocycles. The Morgan fingerprint density at radius 3 is 2.33 bits per heavy atom. The zero-order valence-corrected chi connectivity index (χ0v) is 26.6. The van der Waals surface area contributed by atoms with Gasteiger partial charge in [0.1, 0.15) is 5.82 Å². The average molecular weight is 568 g/mol. The van der Waals surface area contributed by atoms with Crippen molar-refractivity contribution in [3.63, 3.8) is 0 Å². The lowest BCUT2D eigenvalue weighted by atomic mass is 9.88. The Morgan fingerprint density at radius 2 is 1.69 bits per heavy atom. The minimum absolute atomic E-state index is 0.310. The van der Waals surface area contributed by atoms with Crippen molar-refractivity contribution in [3.05, 3.63) is 106 Å². The van der Waals surface area contributed by atoms with Gasteiger partial charge in [-0.3, -0.25) is 10.3 Å². The Labute approximate surface area is 254 Å². The summed E-state index contributed by atoms with van der Waals surface area (Å²) in [6, 6.07) is 22.2. The van der Waals surface area contributed by atoms with Gasteiger partial charge in [-0.15, -0.1) is 0 Å². The number of nitrogens with one attached hydrogen (secondary N) is 1. The van der Waals surface area contributed by atoms with E-state index in [1.807, 2.05) is 26.8 Å². The van der Waals surface area contributed by atoms with E-state index in [4.69, 9.17) is 5.41 Å². The van der Waals surface area contributed by atoms with Gasteiger partial charge in [-0.1, -0.05) is 62.4 Å². The molecule has 0 radical (unpaired) electrons. The molecule has 224 valence electrons. The predicted octanol–water partition coefficient (Wildman–Crippen LogP) is 9.52. The number of hydrogen-bond donors (Lipinski definition) is 1. The topological polar surface area (TPSA) is 30.3 Å². The third-order valence-corrected chi connectivity index (χ3v) is 9.11. The first-order valence-corrected chi connectivity index (χ1v) is 16.0.